The minimum atomic E-state index is -1.81. The van der Waals surface area contributed by atoms with Gasteiger partial charge in [0.2, 0.25) is 0 Å². The van der Waals surface area contributed by atoms with E-state index in [1.54, 1.807) is 48.5 Å². The van der Waals surface area contributed by atoms with Crippen LogP contribution < -0.4 is 20.1 Å². The summed E-state index contributed by atoms with van der Waals surface area (Å²) in [5, 5.41) is 5.48. The quantitative estimate of drug-likeness (QED) is 0.277. The lowest BCUT2D eigenvalue weighted by Crippen LogP contribution is -2.44. The number of nitrogens with one attached hydrogen (secondary N) is 2. The van der Waals surface area contributed by atoms with Crippen LogP contribution in [0.3, 0.4) is 0 Å². The molecule has 4 rings (SSSR count). The van der Waals surface area contributed by atoms with E-state index < -0.39 is 24.5 Å². The number of urea groups is 1. The summed E-state index contributed by atoms with van der Waals surface area (Å²) in [5.74, 6) is 0.170. The predicted molar refractivity (Wildman–Crippen MR) is 144 cm³/mol. The Morgan fingerprint density at radius 1 is 0.974 bits per heavy atom. The second-order valence-corrected chi connectivity index (χ2v) is 8.94. The van der Waals surface area contributed by atoms with Crippen LogP contribution in [0.5, 0.6) is 11.5 Å². The molecule has 3 aromatic rings. The van der Waals surface area contributed by atoms with Gasteiger partial charge in [-0.2, -0.15) is 4.39 Å². The maximum Gasteiger partial charge on any atom is 0.337 e. The van der Waals surface area contributed by atoms with Crippen molar-refractivity contribution in [2.24, 2.45) is 0 Å². The average molecular weight is 536 g/mol. The maximum absolute atomic E-state index is 15.1. The third-order valence-electron chi connectivity index (χ3n) is 6.38. The molecule has 0 unspecified atom stereocenters. The van der Waals surface area contributed by atoms with Crippen LogP contribution >= 0.6 is 0 Å². The predicted octanol–water partition coefficient (Wildman–Crippen LogP) is 5.03. The Morgan fingerprint density at radius 2 is 1.69 bits per heavy atom. The van der Waals surface area contributed by atoms with Crippen LogP contribution in [-0.4, -0.2) is 56.0 Å². The number of anilines is 2. The number of carbonyl (C=O) groups is 3. The van der Waals surface area contributed by atoms with Crippen molar-refractivity contribution in [1.29, 1.82) is 0 Å². The minimum Gasteiger partial charge on any atom is -0.495 e. The highest BCUT2D eigenvalue weighted by Gasteiger charge is 2.36. The summed E-state index contributed by atoms with van der Waals surface area (Å²) >= 11 is 0. The molecule has 204 valence electrons. The molecule has 1 saturated heterocycles. The number of ketones is 1. The summed E-state index contributed by atoms with van der Waals surface area (Å²) in [6.45, 7) is -1.42. The number of amides is 2. The summed E-state index contributed by atoms with van der Waals surface area (Å²) in [5.41, 5.74) is 2.16. The first-order valence-corrected chi connectivity index (χ1v) is 12.5. The van der Waals surface area contributed by atoms with Gasteiger partial charge in [0, 0.05) is 18.7 Å². The number of ether oxygens (including phenoxy) is 3. The fourth-order valence-electron chi connectivity index (χ4n) is 4.40. The van der Waals surface area contributed by atoms with Gasteiger partial charge < -0.3 is 24.8 Å². The van der Waals surface area contributed by atoms with Gasteiger partial charge in [0.25, 0.3) is 6.48 Å². The number of para-hydroxylation sites is 2. The first kappa shape index (κ1) is 27.6. The molecule has 1 aliphatic rings. The van der Waals surface area contributed by atoms with Crippen molar-refractivity contribution in [1.82, 2.24) is 4.90 Å². The lowest BCUT2D eigenvalue weighted by atomic mass is 10.0. The molecular formula is C29H30FN3O6. The van der Waals surface area contributed by atoms with Crippen LogP contribution in [0.25, 0.3) is 0 Å². The summed E-state index contributed by atoms with van der Waals surface area (Å²) in [6, 6.07) is 18.9. The fourth-order valence-corrected chi connectivity index (χ4v) is 4.40. The number of halogens is 1. The van der Waals surface area contributed by atoms with E-state index in [2.05, 4.69) is 15.4 Å². The molecule has 0 radical (unpaired) electrons. The van der Waals surface area contributed by atoms with Gasteiger partial charge in [-0.05, 0) is 66.9 Å². The Hall–Kier alpha value is -4.44. The Balaban J connectivity index is 1.30. The molecule has 3 aromatic carbocycles. The number of carbonyl (C=O) groups excluding carboxylic acids is 3. The molecule has 39 heavy (non-hydrogen) atoms. The molecule has 0 aliphatic carbocycles. The van der Waals surface area contributed by atoms with Gasteiger partial charge >= 0.3 is 12.0 Å². The first-order valence-electron chi connectivity index (χ1n) is 12.5. The molecule has 0 bridgehead atoms. The van der Waals surface area contributed by atoms with E-state index in [1.165, 1.54) is 43.4 Å². The Bertz CT molecular complexity index is 1300. The Morgan fingerprint density at radius 3 is 2.38 bits per heavy atom. The molecule has 2 atom stereocenters. The van der Waals surface area contributed by atoms with Crippen molar-refractivity contribution >= 4 is 29.2 Å². The van der Waals surface area contributed by atoms with Crippen molar-refractivity contribution in [3.8, 4) is 11.5 Å². The number of nitrogens with zero attached hydrogens (tertiary/aromatic N) is 1. The van der Waals surface area contributed by atoms with Gasteiger partial charge in [-0.1, -0.05) is 24.3 Å². The van der Waals surface area contributed by atoms with Crippen molar-refractivity contribution in [2.75, 3.05) is 31.4 Å². The summed E-state index contributed by atoms with van der Waals surface area (Å²) in [6.07, 6.45) is 1.33. The molecule has 2 amide bonds. The van der Waals surface area contributed by atoms with Crippen LogP contribution in [0.2, 0.25) is 0 Å². The number of hydrogen-bond donors (Lipinski definition) is 2. The van der Waals surface area contributed by atoms with Crippen molar-refractivity contribution in [2.45, 2.75) is 31.8 Å². The van der Waals surface area contributed by atoms with Crippen LogP contribution in [0.4, 0.5) is 20.6 Å². The standard InChI is InChI=1S/C29H30FN3O6/c1-37-26-8-4-3-6-23(26)32-29(36)31-21-13-9-19(10-14-21)18-25(34)24-7-5-17-33(24)28(30)39-22-15-11-20(12-16-22)27(35)38-2/h3-4,6,8-16,24,28H,5,7,17-18H2,1-2H3,(H2,31,32,36)/t24-,28-/m0/s1. The summed E-state index contributed by atoms with van der Waals surface area (Å²) in [4.78, 5) is 38.4. The smallest absolute Gasteiger partial charge is 0.337 e. The average Bonchev–Trinajstić information content (AvgIpc) is 3.45. The largest absolute Gasteiger partial charge is 0.495 e. The Kier molecular flexibility index (Phi) is 9.11. The lowest BCUT2D eigenvalue weighted by Gasteiger charge is -2.27. The van der Waals surface area contributed by atoms with Crippen LogP contribution in [0, 0.1) is 0 Å². The maximum atomic E-state index is 15.1. The third kappa shape index (κ3) is 7.11. The number of hydrogen-bond acceptors (Lipinski definition) is 7. The molecule has 1 heterocycles. The van der Waals surface area contributed by atoms with E-state index in [9.17, 15) is 14.4 Å². The van der Waals surface area contributed by atoms with Gasteiger partial charge in [-0.15, -0.1) is 0 Å². The van der Waals surface area contributed by atoms with E-state index in [4.69, 9.17) is 9.47 Å². The molecule has 1 fully saturated rings. The molecule has 9 nitrogen and oxygen atoms in total. The normalized spacial score (nSPS) is 15.7. The van der Waals surface area contributed by atoms with Crippen LogP contribution in [0.15, 0.2) is 72.8 Å². The molecule has 1 aliphatic heterocycles. The highest BCUT2D eigenvalue weighted by Crippen LogP contribution is 2.26. The van der Waals surface area contributed by atoms with E-state index in [1.807, 2.05) is 0 Å². The van der Waals surface area contributed by atoms with E-state index in [0.29, 0.717) is 42.1 Å². The minimum absolute atomic E-state index is 0.116. The fraction of sp³-hybridized carbons (Fsp3) is 0.276. The van der Waals surface area contributed by atoms with Gasteiger partial charge in [0.1, 0.15) is 11.5 Å². The third-order valence-corrected chi connectivity index (χ3v) is 6.38. The lowest BCUT2D eigenvalue weighted by molar-refractivity contribution is -0.133. The van der Waals surface area contributed by atoms with Crippen molar-refractivity contribution in [3.05, 3.63) is 83.9 Å². The summed E-state index contributed by atoms with van der Waals surface area (Å²) in [7, 11) is 2.81. The zero-order valence-corrected chi connectivity index (χ0v) is 21.7. The number of likely N-dealkylation sites (tertiary alicyclic amines) is 1. The topological polar surface area (TPSA) is 106 Å². The van der Waals surface area contributed by atoms with Crippen molar-refractivity contribution in [3.63, 3.8) is 0 Å². The van der Waals surface area contributed by atoms with Gasteiger partial charge in [-0.25, -0.2) is 14.5 Å². The van der Waals surface area contributed by atoms with Gasteiger partial charge in [-0.3, -0.25) is 4.79 Å². The summed E-state index contributed by atoms with van der Waals surface area (Å²) < 4.78 is 30.4. The number of alkyl halides is 1. The monoisotopic (exact) mass is 535 g/mol. The van der Waals surface area contributed by atoms with E-state index in [0.717, 1.165) is 5.56 Å². The van der Waals surface area contributed by atoms with Gasteiger partial charge in [0.05, 0.1) is 31.5 Å². The number of esters is 1. The van der Waals surface area contributed by atoms with Gasteiger partial charge in [0.15, 0.2) is 5.78 Å². The molecule has 0 saturated carbocycles. The highest BCUT2D eigenvalue weighted by molar-refractivity contribution is 6.00. The first-order chi connectivity index (χ1) is 18.9. The number of Topliss-reactive ketones (excluding diaryl/α,β-unsaturated/α-hetero) is 1. The SMILES string of the molecule is COC(=O)c1ccc(O[C@@H](F)N2CCC[C@H]2C(=O)Cc2ccc(NC(=O)Nc3ccccc3OC)cc2)cc1. The Labute approximate surface area is 225 Å². The highest BCUT2D eigenvalue weighted by atomic mass is 19.1. The number of benzene rings is 3. The van der Waals surface area contributed by atoms with E-state index in [-0.39, 0.29) is 18.0 Å². The second-order valence-electron chi connectivity index (χ2n) is 8.94. The van der Waals surface area contributed by atoms with Crippen LogP contribution in [0.1, 0.15) is 28.8 Å². The van der Waals surface area contributed by atoms with Crippen molar-refractivity contribution < 1.29 is 33.0 Å². The van der Waals surface area contributed by atoms with E-state index >= 15 is 4.39 Å². The number of methoxy groups -OCH3 is 2. The molecule has 0 spiro atoms. The molecule has 10 heteroatoms. The van der Waals surface area contributed by atoms with Crippen LogP contribution in [-0.2, 0) is 16.0 Å². The molecule has 2 N–H and O–H groups in total. The zero-order chi connectivity index (χ0) is 27.8. The molecular weight excluding hydrogens is 505 g/mol. The molecule has 0 aromatic heterocycles. The zero-order valence-electron chi connectivity index (χ0n) is 21.7. The number of rotatable bonds is 10. The second kappa shape index (κ2) is 12.9.